The molecule has 2 aromatic heterocycles. The van der Waals surface area contributed by atoms with Gasteiger partial charge < -0.3 is 19.6 Å². The van der Waals surface area contributed by atoms with E-state index in [9.17, 15) is 10.1 Å². The Morgan fingerprint density at radius 3 is 3.05 bits per heavy atom. The first-order chi connectivity index (χ1) is 9.61. The summed E-state index contributed by atoms with van der Waals surface area (Å²) in [6.45, 7) is 0.596. The van der Waals surface area contributed by atoms with Gasteiger partial charge in [0.15, 0.2) is 11.3 Å². The first-order valence-electron chi connectivity index (χ1n) is 5.62. The molecular weight excluding hydrogens is 290 g/mol. The normalized spacial score (nSPS) is 17.1. The van der Waals surface area contributed by atoms with Crippen molar-refractivity contribution in [2.75, 3.05) is 6.61 Å². The van der Waals surface area contributed by atoms with Gasteiger partial charge in [0.05, 0.1) is 6.54 Å². The van der Waals surface area contributed by atoms with Crippen LogP contribution in [0.4, 0.5) is 5.82 Å². The number of ether oxygens (including phenoxy) is 2. The molecule has 1 aliphatic heterocycles. The van der Waals surface area contributed by atoms with Crippen LogP contribution in [0.1, 0.15) is 0 Å². The van der Waals surface area contributed by atoms with E-state index in [4.69, 9.17) is 21.1 Å². The number of imidazole rings is 1. The van der Waals surface area contributed by atoms with Gasteiger partial charge in [0, 0.05) is 11.1 Å². The summed E-state index contributed by atoms with van der Waals surface area (Å²) in [4.78, 5) is 13.8. The van der Waals surface area contributed by atoms with Gasteiger partial charge in [0.1, 0.15) is 12.8 Å². The van der Waals surface area contributed by atoms with Gasteiger partial charge >= 0.3 is 11.8 Å². The van der Waals surface area contributed by atoms with Crippen LogP contribution in [0.3, 0.4) is 0 Å². The van der Waals surface area contributed by atoms with Crippen molar-refractivity contribution < 1.29 is 14.4 Å². The van der Waals surface area contributed by atoms with E-state index in [0.717, 1.165) is 0 Å². The molecule has 104 valence electrons. The van der Waals surface area contributed by atoms with E-state index in [2.05, 4.69) is 15.2 Å². The molecule has 0 saturated heterocycles. The third-order valence-corrected chi connectivity index (χ3v) is 2.81. The fourth-order valence-electron chi connectivity index (χ4n) is 1.77. The van der Waals surface area contributed by atoms with Crippen LogP contribution in [0.5, 0.6) is 11.9 Å². The highest BCUT2D eigenvalue weighted by Gasteiger charge is 2.29. The van der Waals surface area contributed by atoms with Crippen molar-refractivity contribution in [3.63, 3.8) is 0 Å². The highest BCUT2D eigenvalue weighted by Crippen LogP contribution is 2.23. The SMILES string of the molecule is O=[N+]([O-])c1cn2c(n1)OCC(Oc1ccc(Cl)nn1)C2. The second-order valence-corrected chi connectivity index (χ2v) is 4.42. The number of hydrogen-bond acceptors (Lipinski definition) is 7. The lowest BCUT2D eigenvalue weighted by Crippen LogP contribution is -2.34. The van der Waals surface area contributed by atoms with E-state index in [0.29, 0.717) is 12.4 Å². The molecule has 20 heavy (non-hydrogen) atoms. The van der Waals surface area contributed by atoms with E-state index < -0.39 is 4.92 Å². The lowest BCUT2D eigenvalue weighted by molar-refractivity contribution is -0.389. The predicted octanol–water partition coefficient (Wildman–Crippen LogP) is 1.07. The van der Waals surface area contributed by atoms with Crippen LogP contribution in [-0.2, 0) is 6.54 Å². The second-order valence-electron chi connectivity index (χ2n) is 4.04. The fraction of sp³-hybridized carbons (Fsp3) is 0.300. The largest absolute Gasteiger partial charge is 0.468 e. The summed E-state index contributed by atoms with van der Waals surface area (Å²) in [5, 5.41) is 18.3. The topological polar surface area (TPSA) is 105 Å². The van der Waals surface area contributed by atoms with E-state index in [1.54, 1.807) is 12.1 Å². The molecule has 0 aromatic carbocycles. The Morgan fingerprint density at radius 2 is 2.35 bits per heavy atom. The third kappa shape index (κ3) is 2.48. The fourth-order valence-corrected chi connectivity index (χ4v) is 1.87. The Morgan fingerprint density at radius 1 is 1.50 bits per heavy atom. The third-order valence-electron chi connectivity index (χ3n) is 2.61. The van der Waals surface area contributed by atoms with Crippen molar-refractivity contribution >= 4 is 17.4 Å². The van der Waals surface area contributed by atoms with Crippen LogP contribution >= 0.6 is 11.6 Å². The Bertz CT molecular complexity index is 644. The minimum absolute atomic E-state index is 0.207. The highest BCUT2D eigenvalue weighted by atomic mass is 35.5. The quantitative estimate of drug-likeness (QED) is 0.616. The maximum absolute atomic E-state index is 10.6. The van der Waals surface area contributed by atoms with E-state index in [-0.39, 0.29) is 29.7 Å². The van der Waals surface area contributed by atoms with Crippen LogP contribution in [0.2, 0.25) is 5.15 Å². The van der Waals surface area contributed by atoms with Crippen LogP contribution in [0, 0.1) is 10.1 Å². The Kier molecular flexibility index (Phi) is 3.11. The molecule has 0 saturated carbocycles. The molecule has 1 atom stereocenters. The summed E-state index contributed by atoms with van der Waals surface area (Å²) in [5.74, 6) is 0.0491. The first kappa shape index (κ1) is 12.6. The summed E-state index contributed by atoms with van der Waals surface area (Å²) < 4.78 is 12.4. The minimum Gasteiger partial charge on any atom is -0.468 e. The average Bonchev–Trinajstić information content (AvgIpc) is 2.85. The lowest BCUT2D eigenvalue weighted by atomic mass is 10.3. The maximum atomic E-state index is 10.6. The summed E-state index contributed by atoms with van der Waals surface area (Å²) >= 11 is 5.62. The number of hydrogen-bond donors (Lipinski definition) is 0. The van der Waals surface area contributed by atoms with Gasteiger partial charge in [-0.25, -0.2) is 0 Å². The molecule has 10 heteroatoms. The van der Waals surface area contributed by atoms with E-state index >= 15 is 0 Å². The van der Waals surface area contributed by atoms with Gasteiger partial charge in [-0.05, 0) is 11.0 Å². The van der Waals surface area contributed by atoms with Crippen LogP contribution < -0.4 is 9.47 Å². The molecule has 0 fully saturated rings. The molecule has 0 bridgehead atoms. The Hall–Kier alpha value is -2.42. The highest BCUT2D eigenvalue weighted by molar-refractivity contribution is 6.29. The number of rotatable bonds is 3. The molecule has 2 aromatic rings. The van der Waals surface area contributed by atoms with Crippen LogP contribution in [0.25, 0.3) is 0 Å². The second kappa shape index (κ2) is 4.93. The zero-order valence-electron chi connectivity index (χ0n) is 9.97. The number of aromatic nitrogens is 4. The van der Waals surface area contributed by atoms with Crippen LogP contribution in [-0.4, -0.2) is 37.4 Å². The summed E-state index contributed by atoms with van der Waals surface area (Å²) in [6.07, 6.45) is 0.963. The zero-order valence-corrected chi connectivity index (χ0v) is 10.7. The van der Waals surface area contributed by atoms with Gasteiger partial charge in [0.25, 0.3) is 0 Å². The van der Waals surface area contributed by atoms with Crippen molar-refractivity contribution in [3.8, 4) is 11.9 Å². The van der Waals surface area contributed by atoms with Gasteiger partial charge in [-0.2, -0.15) is 0 Å². The molecule has 9 nitrogen and oxygen atoms in total. The number of nitrogens with zero attached hydrogens (tertiary/aromatic N) is 5. The lowest BCUT2D eigenvalue weighted by Gasteiger charge is -2.22. The number of halogens is 1. The summed E-state index contributed by atoms with van der Waals surface area (Å²) in [7, 11) is 0. The Balaban J connectivity index is 1.72. The monoisotopic (exact) mass is 297 g/mol. The molecular formula is C10H8ClN5O4. The van der Waals surface area contributed by atoms with Crippen molar-refractivity contribution in [3.05, 3.63) is 33.6 Å². The van der Waals surface area contributed by atoms with E-state index in [1.165, 1.54) is 10.8 Å². The molecule has 0 spiro atoms. The van der Waals surface area contributed by atoms with Gasteiger partial charge in [-0.3, -0.25) is 4.57 Å². The van der Waals surface area contributed by atoms with Gasteiger partial charge in [-0.1, -0.05) is 11.6 Å². The molecule has 3 rings (SSSR count). The van der Waals surface area contributed by atoms with Crippen molar-refractivity contribution in [1.82, 2.24) is 19.7 Å². The smallest absolute Gasteiger partial charge is 0.414 e. The molecule has 0 radical (unpaired) electrons. The zero-order chi connectivity index (χ0) is 14.1. The molecule has 0 aliphatic carbocycles. The molecule has 1 aliphatic rings. The first-order valence-corrected chi connectivity index (χ1v) is 6.00. The predicted molar refractivity (Wildman–Crippen MR) is 65.8 cm³/mol. The summed E-state index contributed by atoms with van der Waals surface area (Å²) in [6, 6.07) is 3.35. The molecule has 1 unspecified atom stereocenters. The minimum atomic E-state index is -0.574. The van der Waals surface area contributed by atoms with Gasteiger partial charge in [0.2, 0.25) is 5.88 Å². The maximum Gasteiger partial charge on any atom is 0.414 e. The molecule has 0 amide bonds. The van der Waals surface area contributed by atoms with Crippen molar-refractivity contribution in [1.29, 1.82) is 0 Å². The number of fused-ring (bicyclic) bond motifs is 1. The summed E-state index contributed by atoms with van der Waals surface area (Å²) in [5.41, 5.74) is 0. The Labute approximate surface area is 117 Å². The van der Waals surface area contributed by atoms with Crippen molar-refractivity contribution in [2.24, 2.45) is 0 Å². The van der Waals surface area contributed by atoms with Crippen molar-refractivity contribution in [2.45, 2.75) is 12.6 Å². The molecule has 3 heterocycles. The average molecular weight is 298 g/mol. The van der Waals surface area contributed by atoms with Gasteiger partial charge in [-0.15, -0.1) is 10.2 Å². The van der Waals surface area contributed by atoms with E-state index in [1.807, 2.05) is 0 Å². The molecule has 0 N–H and O–H groups in total. The standard InChI is InChI=1S/C10H8ClN5O4/c11-7-1-2-9(14-13-7)20-6-3-15-4-8(16(17)18)12-10(15)19-5-6/h1-2,4,6H,3,5H2. The van der Waals surface area contributed by atoms with Crippen LogP contribution in [0.15, 0.2) is 18.3 Å². The number of nitro groups is 1.